The van der Waals surface area contributed by atoms with E-state index in [0.717, 1.165) is 11.7 Å². The van der Waals surface area contributed by atoms with Gasteiger partial charge in [-0.05, 0) is 48.2 Å². The summed E-state index contributed by atoms with van der Waals surface area (Å²) in [4.78, 5) is 13.3. The SMILES string of the molecule is CCC(C1=C(O)CC(CC)(c2cccc(NC=S(=O)=O)c2)OC1=O)c1cccc(NS(C)(=O)=O)c1. The maximum Gasteiger partial charge on any atom is 0.338 e. The highest BCUT2D eigenvalue weighted by molar-refractivity contribution is 7.92. The van der Waals surface area contributed by atoms with Crippen molar-refractivity contribution in [2.75, 3.05) is 16.3 Å². The van der Waals surface area contributed by atoms with E-state index in [2.05, 4.69) is 10.0 Å². The van der Waals surface area contributed by atoms with Crippen LogP contribution in [0, 0.1) is 0 Å². The van der Waals surface area contributed by atoms with Crippen molar-refractivity contribution in [2.45, 2.75) is 44.6 Å². The predicted molar refractivity (Wildman–Crippen MR) is 135 cm³/mol. The number of nitrogens with one attached hydrogen (secondary N) is 2. The number of benzene rings is 2. The zero-order valence-electron chi connectivity index (χ0n) is 19.6. The molecule has 2 aromatic carbocycles. The van der Waals surface area contributed by atoms with Gasteiger partial charge in [0.05, 0.1) is 11.8 Å². The monoisotopic (exact) mass is 520 g/mol. The number of hydrogen-bond donors (Lipinski definition) is 3. The van der Waals surface area contributed by atoms with Crippen molar-refractivity contribution >= 4 is 43.2 Å². The van der Waals surface area contributed by atoms with Crippen LogP contribution in [0.3, 0.4) is 0 Å². The van der Waals surface area contributed by atoms with Crippen molar-refractivity contribution < 1.29 is 31.5 Å². The lowest BCUT2D eigenvalue weighted by molar-refractivity contribution is -0.161. The topological polar surface area (TPSA) is 139 Å². The fourth-order valence-electron chi connectivity index (χ4n) is 4.31. The Balaban J connectivity index is 1.99. The molecule has 1 heterocycles. The molecule has 0 saturated heterocycles. The molecule has 11 heteroatoms. The largest absolute Gasteiger partial charge is 0.512 e. The standard InChI is InChI=1S/C24H28N2O7S2/c1-4-20(16-8-6-11-19(12-16)26-35(3,31)32)22-21(27)14-24(5-2,33-23(22)28)17-9-7-10-18(13-17)25-15-34(29)30/h6-13,15,20,25-27H,4-5,14H2,1-3H3. The van der Waals surface area contributed by atoms with Gasteiger partial charge in [-0.25, -0.2) is 13.2 Å². The van der Waals surface area contributed by atoms with Gasteiger partial charge in [0.25, 0.3) is 0 Å². The Kier molecular flexibility index (Phi) is 7.91. The molecule has 2 unspecified atom stereocenters. The summed E-state index contributed by atoms with van der Waals surface area (Å²) in [5.74, 6) is -1.26. The van der Waals surface area contributed by atoms with E-state index in [0.29, 0.717) is 35.3 Å². The molecule has 0 fully saturated rings. The van der Waals surface area contributed by atoms with Gasteiger partial charge in [-0.1, -0.05) is 38.1 Å². The van der Waals surface area contributed by atoms with E-state index >= 15 is 0 Å². The lowest BCUT2D eigenvalue weighted by Gasteiger charge is -2.38. The number of aliphatic hydroxyl groups excluding tert-OH is 1. The molecule has 188 valence electrons. The first-order valence-corrected chi connectivity index (χ1v) is 14.0. The molecule has 0 aliphatic carbocycles. The van der Waals surface area contributed by atoms with E-state index in [9.17, 15) is 26.7 Å². The number of aliphatic hydroxyl groups is 1. The van der Waals surface area contributed by atoms with Crippen LogP contribution in [0.15, 0.2) is 59.9 Å². The zero-order valence-corrected chi connectivity index (χ0v) is 21.2. The fraction of sp³-hybridized carbons (Fsp3) is 0.333. The number of carbonyl (C=O) groups is 1. The molecule has 9 nitrogen and oxygen atoms in total. The number of carbonyl (C=O) groups excluding carboxylic acids is 1. The van der Waals surface area contributed by atoms with Gasteiger partial charge in [-0.3, -0.25) is 4.72 Å². The molecule has 0 radical (unpaired) electrons. The minimum atomic E-state index is -3.48. The molecule has 3 N–H and O–H groups in total. The Morgan fingerprint density at radius 3 is 2.43 bits per heavy atom. The minimum Gasteiger partial charge on any atom is -0.512 e. The predicted octanol–water partition coefficient (Wildman–Crippen LogP) is 3.67. The molecule has 0 spiro atoms. The van der Waals surface area contributed by atoms with E-state index in [1.54, 1.807) is 48.5 Å². The van der Waals surface area contributed by atoms with Crippen molar-refractivity contribution in [1.82, 2.24) is 0 Å². The average Bonchev–Trinajstić information content (AvgIpc) is 2.79. The van der Waals surface area contributed by atoms with Gasteiger partial charge in [0.1, 0.15) is 16.9 Å². The van der Waals surface area contributed by atoms with Crippen LogP contribution >= 0.6 is 0 Å². The molecule has 1 aliphatic heterocycles. The summed E-state index contributed by atoms with van der Waals surface area (Å²) >= 11 is 0. The normalized spacial score (nSPS) is 19.0. The highest BCUT2D eigenvalue weighted by Gasteiger charge is 2.44. The van der Waals surface area contributed by atoms with Crippen LogP contribution in [0.2, 0.25) is 0 Å². The van der Waals surface area contributed by atoms with Crippen molar-refractivity contribution in [1.29, 1.82) is 0 Å². The third-order valence-electron chi connectivity index (χ3n) is 5.90. The Hall–Kier alpha value is -3.31. The van der Waals surface area contributed by atoms with Crippen LogP contribution < -0.4 is 10.0 Å². The number of rotatable bonds is 9. The van der Waals surface area contributed by atoms with Gasteiger partial charge in [-0.2, -0.15) is 8.42 Å². The molecule has 0 aromatic heterocycles. The Morgan fingerprint density at radius 1 is 1.14 bits per heavy atom. The van der Waals surface area contributed by atoms with Gasteiger partial charge in [0.15, 0.2) is 0 Å². The summed E-state index contributed by atoms with van der Waals surface area (Å²) in [7, 11) is -5.87. The van der Waals surface area contributed by atoms with Gasteiger partial charge in [-0.15, -0.1) is 0 Å². The first kappa shape index (κ1) is 26.3. The summed E-state index contributed by atoms with van der Waals surface area (Å²) in [6.45, 7) is 3.70. The second-order valence-electron chi connectivity index (χ2n) is 8.34. The number of hydrogen-bond acceptors (Lipinski definition) is 7. The van der Waals surface area contributed by atoms with Gasteiger partial charge in [0.2, 0.25) is 20.3 Å². The minimum absolute atomic E-state index is 0.0446. The molecule has 1 aliphatic rings. The Bertz CT molecular complexity index is 1390. The van der Waals surface area contributed by atoms with E-state index in [1.165, 1.54) is 0 Å². The van der Waals surface area contributed by atoms with Gasteiger partial charge in [0, 0.05) is 23.7 Å². The van der Waals surface area contributed by atoms with Crippen LogP contribution in [0.1, 0.15) is 50.2 Å². The Labute approximate surface area is 206 Å². The van der Waals surface area contributed by atoms with E-state index < -0.39 is 37.8 Å². The molecule has 0 saturated carbocycles. The fourth-order valence-corrected chi connectivity index (χ4v) is 5.09. The molecule has 2 aromatic rings. The first-order valence-electron chi connectivity index (χ1n) is 11.0. The highest BCUT2D eigenvalue weighted by Crippen LogP contribution is 2.44. The number of esters is 1. The maximum absolute atomic E-state index is 13.3. The van der Waals surface area contributed by atoms with E-state index in [4.69, 9.17) is 4.74 Å². The molecule has 35 heavy (non-hydrogen) atoms. The molecular formula is C24H28N2O7S2. The molecule has 3 rings (SSSR count). The van der Waals surface area contributed by atoms with Crippen LogP contribution in [0.5, 0.6) is 0 Å². The summed E-state index contributed by atoms with van der Waals surface area (Å²) < 4.78 is 53.3. The lowest BCUT2D eigenvalue weighted by Crippen LogP contribution is -2.38. The zero-order chi connectivity index (χ0) is 25.8. The lowest BCUT2D eigenvalue weighted by atomic mass is 9.80. The highest BCUT2D eigenvalue weighted by atomic mass is 32.2. The maximum atomic E-state index is 13.3. The number of sulfonamides is 1. The molecule has 0 amide bonds. The number of cyclic esters (lactones) is 1. The van der Waals surface area contributed by atoms with Gasteiger partial charge >= 0.3 is 5.97 Å². The quantitative estimate of drug-likeness (QED) is 0.336. The average molecular weight is 521 g/mol. The van der Waals surface area contributed by atoms with E-state index in [1.807, 2.05) is 13.8 Å². The van der Waals surface area contributed by atoms with Crippen LogP contribution in [-0.4, -0.2) is 39.7 Å². The van der Waals surface area contributed by atoms with Crippen molar-refractivity contribution in [3.05, 3.63) is 71.0 Å². The third-order valence-corrected chi connectivity index (χ3v) is 6.82. The first-order chi connectivity index (χ1) is 16.5. The smallest absolute Gasteiger partial charge is 0.338 e. The van der Waals surface area contributed by atoms with Crippen LogP contribution in [0.25, 0.3) is 0 Å². The summed E-state index contributed by atoms with van der Waals surface area (Å²) in [5.41, 5.74) is 2.03. The second kappa shape index (κ2) is 10.5. The van der Waals surface area contributed by atoms with Crippen molar-refractivity contribution in [3.63, 3.8) is 0 Å². The van der Waals surface area contributed by atoms with Gasteiger partial charge < -0.3 is 15.2 Å². The van der Waals surface area contributed by atoms with E-state index in [-0.39, 0.29) is 17.8 Å². The van der Waals surface area contributed by atoms with Crippen LogP contribution in [0.4, 0.5) is 11.4 Å². The summed E-state index contributed by atoms with van der Waals surface area (Å²) in [6, 6.07) is 13.5. The number of anilines is 2. The summed E-state index contributed by atoms with van der Waals surface area (Å²) in [6.07, 6.45) is 1.94. The van der Waals surface area contributed by atoms with Crippen molar-refractivity contribution in [2.24, 2.45) is 0 Å². The Morgan fingerprint density at radius 2 is 1.83 bits per heavy atom. The molecular weight excluding hydrogens is 492 g/mol. The second-order valence-corrected chi connectivity index (χ2v) is 10.8. The van der Waals surface area contributed by atoms with Crippen molar-refractivity contribution in [3.8, 4) is 0 Å². The third kappa shape index (κ3) is 6.23. The molecule has 0 bridgehead atoms. The molecule has 2 atom stereocenters. The number of ether oxygens (including phenoxy) is 1. The summed E-state index contributed by atoms with van der Waals surface area (Å²) in [5, 5.41) is 13.8. The van der Waals surface area contributed by atoms with Crippen LogP contribution in [-0.2, 0) is 35.4 Å².